The highest BCUT2D eigenvalue weighted by molar-refractivity contribution is 9.10. The van der Waals surface area contributed by atoms with Gasteiger partial charge in [0.05, 0.1) is 10.5 Å². The van der Waals surface area contributed by atoms with Gasteiger partial charge in [-0.15, -0.1) is 0 Å². The van der Waals surface area contributed by atoms with Crippen molar-refractivity contribution in [2.75, 3.05) is 0 Å². The third kappa shape index (κ3) is 1.60. The van der Waals surface area contributed by atoms with Crippen LogP contribution in [0.5, 0.6) is 0 Å². The Labute approximate surface area is 98.0 Å². The zero-order chi connectivity index (χ0) is 10.3. The second kappa shape index (κ2) is 3.65. The van der Waals surface area contributed by atoms with Crippen molar-refractivity contribution in [2.24, 2.45) is 0 Å². The minimum atomic E-state index is -0.682. The van der Waals surface area contributed by atoms with Crippen LogP contribution in [0.15, 0.2) is 22.7 Å². The molecular formula is C9H3BrCl2FN. The molecule has 0 atom stereocenters. The third-order valence-electron chi connectivity index (χ3n) is 1.79. The van der Waals surface area contributed by atoms with Crippen LogP contribution in [0.3, 0.4) is 0 Å². The van der Waals surface area contributed by atoms with Gasteiger partial charge in [-0.25, -0.2) is 9.37 Å². The largest absolute Gasteiger partial charge is 0.233 e. The van der Waals surface area contributed by atoms with Gasteiger partial charge in [-0.3, -0.25) is 0 Å². The summed E-state index contributed by atoms with van der Waals surface area (Å²) in [7, 11) is 0. The fourth-order valence-corrected chi connectivity index (χ4v) is 1.98. The summed E-state index contributed by atoms with van der Waals surface area (Å²) < 4.78 is 14.1. The highest BCUT2D eigenvalue weighted by atomic mass is 79.9. The van der Waals surface area contributed by atoms with Gasteiger partial charge in [0.25, 0.3) is 0 Å². The zero-order valence-electron chi connectivity index (χ0n) is 6.69. The maximum Gasteiger partial charge on any atom is 0.179 e. The van der Waals surface area contributed by atoms with Crippen molar-refractivity contribution in [3.8, 4) is 0 Å². The first-order chi connectivity index (χ1) is 6.59. The quantitative estimate of drug-likeness (QED) is 0.655. The molecule has 0 aliphatic carbocycles. The van der Waals surface area contributed by atoms with E-state index < -0.39 is 5.82 Å². The Morgan fingerprint density at radius 1 is 1.29 bits per heavy atom. The lowest BCUT2D eigenvalue weighted by Gasteiger charge is -2.03. The van der Waals surface area contributed by atoms with E-state index in [1.54, 1.807) is 18.2 Å². The predicted molar refractivity (Wildman–Crippen MR) is 59.4 cm³/mol. The Kier molecular flexibility index (Phi) is 2.64. The normalized spacial score (nSPS) is 10.9. The topological polar surface area (TPSA) is 12.9 Å². The number of benzene rings is 1. The van der Waals surface area contributed by atoms with E-state index in [4.69, 9.17) is 23.2 Å². The summed E-state index contributed by atoms with van der Waals surface area (Å²) in [5.74, 6) is -0.682. The monoisotopic (exact) mass is 293 g/mol. The van der Waals surface area contributed by atoms with Gasteiger partial charge >= 0.3 is 0 Å². The average Bonchev–Trinajstić information content (AvgIpc) is 2.16. The summed E-state index contributed by atoms with van der Waals surface area (Å²) in [5, 5.41) is 0.342. The molecule has 2 rings (SSSR count). The summed E-state index contributed by atoms with van der Waals surface area (Å²) >= 11 is 14.6. The number of halogens is 4. The first-order valence-electron chi connectivity index (χ1n) is 3.69. The molecule has 0 aliphatic rings. The molecule has 1 heterocycles. The summed E-state index contributed by atoms with van der Waals surface area (Å²) in [6.07, 6.45) is 0. The molecular weight excluding hydrogens is 292 g/mol. The number of hydrogen-bond acceptors (Lipinski definition) is 1. The van der Waals surface area contributed by atoms with Crippen molar-refractivity contribution < 1.29 is 4.39 Å². The third-order valence-corrected chi connectivity index (χ3v) is 2.90. The van der Waals surface area contributed by atoms with Crippen LogP contribution < -0.4 is 0 Å². The van der Waals surface area contributed by atoms with Crippen molar-refractivity contribution in [1.29, 1.82) is 0 Å². The fourth-order valence-electron chi connectivity index (χ4n) is 1.15. The number of aromatic nitrogens is 1. The van der Waals surface area contributed by atoms with Crippen molar-refractivity contribution in [1.82, 2.24) is 4.98 Å². The molecule has 0 fully saturated rings. The van der Waals surface area contributed by atoms with Gasteiger partial charge < -0.3 is 0 Å². The maximum atomic E-state index is 13.3. The Morgan fingerprint density at radius 2 is 2.00 bits per heavy atom. The molecule has 0 aliphatic heterocycles. The van der Waals surface area contributed by atoms with Crippen LogP contribution in [0.1, 0.15) is 0 Å². The van der Waals surface area contributed by atoms with E-state index in [-0.39, 0.29) is 10.2 Å². The van der Waals surface area contributed by atoms with Gasteiger partial charge in [-0.05, 0) is 18.2 Å². The molecule has 0 radical (unpaired) electrons. The Bertz CT molecular complexity index is 516. The van der Waals surface area contributed by atoms with Crippen molar-refractivity contribution in [2.45, 2.75) is 0 Å². The molecule has 0 amide bonds. The van der Waals surface area contributed by atoms with Crippen LogP contribution in [0, 0.1) is 5.82 Å². The standard InChI is InChI=1S/C9H3BrCl2FN/c10-4-1-2-6-5(3-4)7(11)8(13)9(12)14-6/h1-3H. The first-order valence-corrected chi connectivity index (χ1v) is 5.24. The van der Waals surface area contributed by atoms with Crippen LogP contribution in [-0.4, -0.2) is 4.98 Å². The van der Waals surface area contributed by atoms with Gasteiger partial charge in [0.2, 0.25) is 0 Å². The molecule has 72 valence electrons. The van der Waals surface area contributed by atoms with Crippen LogP contribution in [0.25, 0.3) is 10.9 Å². The van der Waals surface area contributed by atoms with Gasteiger partial charge in [0, 0.05) is 9.86 Å². The summed E-state index contributed by atoms with van der Waals surface area (Å²) in [6, 6.07) is 5.21. The highest BCUT2D eigenvalue weighted by Crippen LogP contribution is 2.30. The molecule has 1 aromatic heterocycles. The molecule has 5 heteroatoms. The number of fused-ring (bicyclic) bond motifs is 1. The summed E-state index contributed by atoms with van der Waals surface area (Å²) in [5.41, 5.74) is 0.574. The van der Waals surface area contributed by atoms with Crippen LogP contribution in [-0.2, 0) is 0 Å². The number of hydrogen-bond donors (Lipinski definition) is 0. The molecule has 2 aromatic rings. The lowest BCUT2D eigenvalue weighted by Crippen LogP contribution is -1.87. The van der Waals surface area contributed by atoms with E-state index >= 15 is 0 Å². The van der Waals surface area contributed by atoms with E-state index in [2.05, 4.69) is 20.9 Å². The molecule has 0 spiro atoms. The molecule has 0 unspecified atom stereocenters. The minimum absolute atomic E-state index is 0.00120. The van der Waals surface area contributed by atoms with Gasteiger partial charge in [-0.1, -0.05) is 39.1 Å². The first kappa shape index (κ1) is 10.1. The minimum Gasteiger partial charge on any atom is -0.233 e. The molecule has 1 nitrogen and oxygen atoms in total. The average molecular weight is 295 g/mol. The summed E-state index contributed by atoms with van der Waals surface area (Å²) in [6.45, 7) is 0. The zero-order valence-corrected chi connectivity index (χ0v) is 9.79. The van der Waals surface area contributed by atoms with Gasteiger partial charge in [0.1, 0.15) is 0 Å². The molecule has 1 aromatic carbocycles. The molecule has 14 heavy (non-hydrogen) atoms. The summed E-state index contributed by atoms with van der Waals surface area (Å²) in [4.78, 5) is 3.86. The van der Waals surface area contributed by atoms with E-state index in [0.29, 0.717) is 10.9 Å². The molecule has 0 bridgehead atoms. The highest BCUT2D eigenvalue weighted by Gasteiger charge is 2.11. The van der Waals surface area contributed by atoms with Crippen LogP contribution in [0.4, 0.5) is 4.39 Å². The van der Waals surface area contributed by atoms with E-state index in [9.17, 15) is 4.39 Å². The predicted octanol–water partition coefficient (Wildman–Crippen LogP) is 4.44. The lowest BCUT2D eigenvalue weighted by atomic mass is 10.2. The molecule has 0 saturated carbocycles. The van der Waals surface area contributed by atoms with Crippen molar-refractivity contribution >= 4 is 50.0 Å². The number of pyridine rings is 1. The Balaban J connectivity index is 2.92. The van der Waals surface area contributed by atoms with Crippen molar-refractivity contribution in [3.63, 3.8) is 0 Å². The van der Waals surface area contributed by atoms with Gasteiger partial charge in [0.15, 0.2) is 11.0 Å². The lowest BCUT2D eigenvalue weighted by molar-refractivity contribution is 0.625. The van der Waals surface area contributed by atoms with E-state index in [1.807, 2.05) is 0 Å². The Morgan fingerprint density at radius 3 is 2.71 bits per heavy atom. The van der Waals surface area contributed by atoms with Crippen molar-refractivity contribution in [3.05, 3.63) is 38.7 Å². The van der Waals surface area contributed by atoms with Gasteiger partial charge in [-0.2, -0.15) is 0 Å². The van der Waals surface area contributed by atoms with Crippen LogP contribution in [0.2, 0.25) is 10.2 Å². The molecule has 0 saturated heterocycles. The molecule has 0 N–H and O–H groups in total. The second-order valence-electron chi connectivity index (χ2n) is 2.69. The number of nitrogens with zero attached hydrogens (tertiary/aromatic N) is 1. The second-order valence-corrected chi connectivity index (χ2v) is 4.34. The van der Waals surface area contributed by atoms with E-state index in [0.717, 1.165) is 4.47 Å². The fraction of sp³-hybridized carbons (Fsp3) is 0. The Hall–Kier alpha value is -0.380. The van der Waals surface area contributed by atoms with Crippen LogP contribution >= 0.6 is 39.1 Å². The number of rotatable bonds is 0. The smallest absolute Gasteiger partial charge is 0.179 e. The SMILES string of the molecule is Fc1c(Cl)nc2ccc(Br)cc2c1Cl. The maximum absolute atomic E-state index is 13.3. The van der Waals surface area contributed by atoms with E-state index in [1.165, 1.54) is 0 Å².